The maximum Gasteiger partial charge on any atom is 0.237 e. The second-order valence-corrected chi connectivity index (χ2v) is 8.32. The number of imidazole rings is 1. The summed E-state index contributed by atoms with van der Waals surface area (Å²) in [5.41, 5.74) is 3.34. The number of amides is 1. The molecule has 164 valence electrons. The molecule has 2 aromatic carbocycles. The molecule has 1 aliphatic rings. The maximum absolute atomic E-state index is 12.7. The third-order valence-electron chi connectivity index (χ3n) is 5.74. The quantitative estimate of drug-likeness (QED) is 0.607. The van der Waals surface area contributed by atoms with Crippen LogP contribution in [0.25, 0.3) is 12.7 Å². The number of benzene rings is 2. The van der Waals surface area contributed by atoms with Gasteiger partial charge in [0, 0.05) is 31.7 Å². The van der Waals surface area contributed by atoms with E-state index in [2.05, 4.69) is 57.1 Å². The van der Waals surface area contributed by atoms with Gasteiger partial charge in [0.25, 0.3) is 0 Å². The van der Waals surface area contributed by atoms with Crippen LogP contribution in [0, 0.1) is 0 Å². The van der Waals surface area contributed by atoms with Gasteiger partial charge in [0.1, 0.15) is 0 Å². The van der Waals surface area contributed by atoms with Crippen molar-refractivity contribution < 1.29 is 4.79 Å². The Balaban J connectivity index is 1.33. The molecule has 1 aromatic heterocycles. The Morgan fingerprint density at radius 1 is 1.16 bits per heavy atom. The zero-order valence-electron chi connectivity index (χ0n) is 18.5. The molecule has 3 aromatic rings. The SMILES string of the molecule is C=c1ccc(CC2CNC(Cc3cn(Cc4ccccc4)cn3)C(=O)N2)c/c1=C/C=C\C. The van der Waals surface area contributed by atoms with Crippen molar-refractivity contribution in [1.29, 1.82) is 0 Å². The van der Waals surface area contributed by atoms with E-state index in [1.165, 1.54) is 11.1 Å². The Kier molecular flexibility index (Phi) is 6.97. The van der Waals surface area contributed by atoms with Crippen LogP contribution in [0.4, 0.5) is 0 Å². The molecular weight excluding hydrogens is 396 g/mol. The highest BCUT2D eigenvalue weighted by molar-refractivity contribution is 5.83. The van der Waals surface area contributed by atoms with E-state index in [1.807, 2.05) is 55.9 Å². The van der Waals surface area contributed by atoms with Gasteiger partial charge in [-0.25, -0.2) is 4.98 Å². The van der Waals surface area contributed by atoms with Crippen LogP contribution in [0.5, 0.6) is 0 Å². The number of hydrogen-bond acceptors (Lipinski definition) is 3. The average molecular weight is 427 g/mol. The van der Waals surface area contributed by atoms with Crippen LogP contribution in [0.15, 0.2) is 73.2 Å². The van der Waals surface area contributed by atoms with Crippen molar-refractivity contribution in [3.63, 3.8) is 0 Å². The summed E-state index contributed by atoms with van der Waals surface area (Å²) in [5.74, 6) is 0.0355. The van der Waals surface area contributed by atoms with Crippen molar-refractivity contribution in [1.82, 2.24) is 20.2 Å². The third-order valence-corrected chi connectivity index (χ3v) is 5.74. The normalized spacial score (nSPS) is 19.4. The second-order valence-electron chi connectivity index (χ2n) is 8.32. The van der Waals surface area contributed by atoms with Crippen LogP contribution in [-0.2, 0) is 24.2 Å². The minimum absolute atomic E-state index is 0.0355. The van der Waals surface area contributed by atoms with Gasteiger partial charge in [-0.2, -0.15) is 0 Å². The number of hydrogen-bond donors (Lipinski definition) is 2. The van der Waals surface area contributed by atoms with Crippen molar-refractivity contribution in [2.45, 2.75) is 38.4 Å². The highest BCUT2D eigenvalue weighted by atomic mass is 16.2. The average Bonchev–Trinajstić information content (AvgIpc) is 3.23. The molecule has 1 aliphatic heterocycles. The number of aromatic nitrogens is 2. The van der Waals surface area contributed by atoms with Gasteiger partial charge in [0.15, 0.2) is 0 Å². The predicted molar refractivity (Wildman–Crippen MR) is 129 cm³/mol. The number of allylic oxidation sites excluding steroid dienone is 2. The van der Waals surface area contributed by atoms with Crippen molar-refractivity contribution in [3.8, 4) is 0 Å². The fraction of sp³-hybridized carbons (Fsp3) is 0.259. The summed E-state index contributed by atoms with van der Waals surface area (Å²) in [7, 11) is 0. The summed E-state index contributed by atoms with van der Waals surface area (Å²) >= 11 is 0. The maximum atomic E-state index is 12.7. The molecule has 0 aliphatic carbocycles. The van der Waals surface area contributed by atoms with E-state index in [1.54, 1.807) is 0 Å². The van der Waals surface area contributed by atoms with E-state index in [-0.39, 0.29) is 18.0 Å². The lowest BCUT2D eigenvalue weighted by atomic mass is 10.00. The van der Waals surface area contributed by atoms with Gasteiger partial charge < -0.3 is 15.2 Å². The van der Waals surface area contributed by atoms with Gasteiger partial charge in [-0.15, -0.1) is 0 Å². The molecule has 0 bridgehead atoms. The number of carbonyl (C=O) groups is 1. The lowest BCUT2D eigenvalue weighted by Crippen LogP contribution is -2.59. The number of nitrogens with zero attached hydrogens (tertiary/aromatic N) is 2. The van der Waals surface area contributed by atoms with Crippen LogP contribution >= 0.6 is 0 Å². The number of nitrogens with one attached hydrogen (secondary N) is 2. The highest BCUT2D eigenvalue weighted by Crippen LogP contribution is 2.09. The van der Waals surface area contributed by atoms with Gasteiger partial charge in [0.05, 0.1) is 18.1 Å². The molecule has 0 spiro atoms. The zero-order valence-corrected chi connectivity index (χ0v) is 18.5. The zero-order chi connectivity index (χ0) is 22.3. The van der Waals surface area contributed by atoms with E-state index in [0.717, 1.165) is 35.6 Å². The van der Waals surface area contributed by atoms with Gasteiger partial charge >= 0.3 is 0 Å². The lowest BCUT2D eigenvalue weighted by molar-refractivity contribution is -0.125. The fourth-order valence-electron chi connectivity index (χ4n) is 4.03. The molecule has 2 unspecified atom stereocenters. The Hall–Kier alpha value is -3.44. The van der Waals surface area contributed by atoms with E-state index < -0.39 is 0 Å². The van der Waals surface area contributed by atoms with Gasteiger partial charge in [0.2, 0.25) is 5.91 Å². The lowest BCUT2D eigenvalue weighted by Gasteiger charge is -2.30. The Bertz CT molecular complexity index is 1200. The first-order valence-corrected chi connectivity index (χ1v) is 11.1. The molecule has 0 radical (unpaired) electrons. The minimum atomic E-state index is -0.257. The summed E-state index contributed by atoms with van der Waals surface area (Å²) in [6.45, 7) is 7.60. The number of carbonyl (C=O) groups excluding carboxylic acids is 1. The topological polar surface area (TPSA) is 59.0 Å². The molecule has 1 amide bonds. The van der Waals surface area contributed by atoms with E-state index in [9.17, 15) is 4.79 Å². The Labute approximate surface area is 189 Å². The molecule has 1 saturated heterocycles. The first-order valence-electron chi connectivity index (χ1n) is 11.1. The van der Waals surface area contributed by atoms with Crippen molar-refractivity contribution >= 4 is 18.6 Å². The largest absolute Gasteiger partial charge is 0.350 e. The highest BCUT2D eigenvalue weighted by Gasteiger charge is 2.28. The monoisotopic (exact) mass is 426 g/mol. The molecule has 2 heterocycles. The molecule has 32 heavy (non-hydrogen) atoms. The van der Waals surface area contributed by atoms with Crippen molar-refractivity contribution in [3.05, 3.63) is 100 Å². The first kappa shape index (κ1) is 21.8. The summed E-state index contributed by atoms with van der Waals surface area (Å²) in [6.07, 6.45) is 11.3. The molecule has 0 saturated carbocycles. The molecule has 5 heteroatoms. The summed E-state index contributed by atoms with van der Waals surface area (Å²) in [5, 5.41) is 8.71. The smallest absolute Gasteiger partial charge is 0.237 e. The fourth-order valence-corrected chi connectivity index (χ4v) is 4.03. The van der Waals surface area contributed by atoms with Gasteiger partial charge in [-0.05, 0) is 34.9 Å². The van der Waals surface area contributed by atoms with Crippen LogP contribution in [0.1, 0.15) is 23.7 Å². The van der Waals surface area contributed by atoms with Crippen molar-refractivity contribution in [2.75, 3.05) is 6.54 Å². The van der Waals surface area contributed by atoms with Crippen molar-refractivity contribution in [2.24, 2.45) is 0 Å². The third kappa shape index (κ3) is 5.62. The van der Waals surface area contributed by atoms with E-state index in [0.29, 0.717) is 6.42 Å². The van der Waals surface area contributed by atoms with Gasteiger partial charge in [-0.3, -0.25) is 4.79 Å². The van der Waals surface area contributed by atoms with Crippen LogP contribution in [0.2, 0.25) is 0 Å². The summed E-state index contributed by atoms with van der Waals surface area (Å²) in [4.78, 5) is 17.2. The minimum Gasteiger partial charge on any atom is -0.350 e. The van der Waals surface area contributed by atoms with Crippen LogP contribution < -0.4 is 21.1 Å². The molecule has 4 rings (SSSR count). The van der Waals surface area contributed by atoms with E-state index in [4.69, 9.17) is 0 Å². The molecular formula is C27H30N4O. The number of rotatable bonds is 7. The predicted octanol–water partition coefficient (Wildman–Crippen LogP) is 1.94. The Morgan fingerprint density at radius 3 is 2.78 bits per heavy atom. The first-order chi connectivity index (χ1) is 15.6. The molecule has 1 fully saturated rings. The second kappa shape index (κ2) is 10.2. The molecule has 2 atom stereocenters. The van der Waals surface area contributed by atoms with Crippen LogP contribution in [-0.4, -0.2) is 34.1 Å². The van der Waals surface area contributed by atoms with Crippen LogP contribution in [0.3, 0.4) is 0 Å². The van der Waals surface area contributed by atoms with Gasteiger partial charge in [-0.1, -0.05) is 73.3 Å². The summed E-state index contributed by atoms with van der Waals surface area (Å²) in [6, 6.07) is 16.4. The van der Waals surface area contributed by atoms with E-state index >= 15 is 0 Å². The number of piperazine rings is 1. The molecule has 5 nitrogen and oxygen atoms in total. The standard InChI is InChI=1S/C27H30N4O/c1-3-4-10-23-13-22(12-11-20(23)2)14-24-16-28-26(27(32)30-24)15-25-18-31(19-29-25)17-21-8-6-5-7-9-21/h3-13,18-19,24,26,28H,2,14-17H2,1H3,(H,30,32)/b4-3-,23-10-. The Morgan fingerprint density at radius 2 is 2.00 bits per heavy atom. The molecule has 2 N–H and O–H groups in total. The summed E-state index contributed by atoms with van der Waals surface area (Å²) < 4.78 is 2.06.